The number of ether oxygens (including phenoxy) is 1. The van der Waals surface area contributed by atoms with Crippen LogP contribution in [-0.2, 0) is 11.2 Å². The van der Waals surface area contributed by atoms with Crippen LogP contribution in [0.25, 0.3) is 11.1 Å². The summed E-state index contributed by atoms with van der Waals surface area (Å²) in [5, 5.41) is 0. The molecule has 20 heavy (non-hydrogen) atoms. The van der Waals surface area contributed by atoms with Crippen molar-refractivity contribution in [2.24, 2.45) is 0 Å². The lowest BCUT2D eigenvalue weighted by molar-refractivity contribution is -0.132. The third kappa shape index (κ3) is 1.80. The van der Waals surface area contributed by atoms with Gasteiger partial charge < -0.3 is 4.74 Å². The highest BCUT2D eigenvalue weighted by atomic mass is 19.1. The van der Waals surface area contributed by atoms with E-state index in [1.807, 2.05) is 0 Å². The molecule has 1 aliphatic carbocycles. The van der Waals surface area contributed by atoms with Crippen molar-refractivity contribution in [3.8, 4) is 16.9 Å². The van der Waals surface area contributed by atoms with Crippen LogP contribution in [0.1, 0.15) is 23.6 Å². The van der Waals surface area contributed by atoms with Gasteiger partial charge in [0, 0.05) is 24.5 Å². The molecule has 3 rings (SSSR count). The smallest absolute Gasteiger partial charge is 0.308 e. The van der Waals surface area contributed by atoms with Crippen molar-refractivity contribution >= 4 is 5.97 Å². The lowest BCUT2D eigenvalue weighted by Gasteiger charge is -2.07. The average Bonchev–Trinajstić information content (AvgIpc) is 2.77. The van der Waals surface area contributed by atoms with E-state index in [9.17, 15) is 13.6 Å². The lowest BCUT2D eigenvalue weighted by atomic mass is 10.0. The number of halogens is 2. The molecule has 0 radical (unpaired) electrons. The molecule has 0 amide bonds. The number of carbonyl (C=O) groups excluding carboxylic acids is 1. The van der Waals surface area contributed by atoms with E-state index in [4.69, 9.17) is 4.74 Å². The Morgan fingerprint density at radius 3 is 2.30 bits per heavy atom. The van der Waals surface area contributed by atoms with E-state index >= 15 is 0 Å². The van der Waals surface area contributed by atoms with Gasteiger partial charge in [0.15, 0.2) is 11.6 Å². The minimum absolute atomic E-state index is 0.110. The van der Waals surface area contributed by atoms with Gasteiger partial charge in [0.25, 0.3) is 0 Å². The second-order valence-corrected chi connectivity index (χ2v) is 4.90. The van der Waals surface area contributed by atoms with Gasteiger partial charge in [-0.1, -0.05) is 18.2 Å². The van der Waals surface area contributed by atoms with Crippen molar-refractivity contribution in [2.45, 2.75) is 20.3 Å². The van der Waals surface area contributed by atoms with Crippen molar-refractivity contribution in [3.05, 3.63) is 52.6 Å². The molecule has 0 aliphatic heterocycles. The number of benzene rings is 2. The summed E-state index contributed by atoms with van der Waals surface area (Å²) in [7, 11) is 0. The number of fused-ring (bicyclic) bond motifs is 3. The number of carbonyl (C=O) groups is 1. The van der Waals surface area contributed by atoms with Gasteiger partial charge in [0.05, 0.1) is 0 Å². The van der Waals surface area contributed by atoms with Gasteiger partial charge in [-0.3, -0.25) is 4.79 Å². The molecule has 2 nitrogen and oxygen atoms in total. The zero-order valence-corrected chi connectivity index (χ0v) is 11.1. The number of rotatable bonds is 1. The normalized spacial score (nSPS) is 12.0. The molecule has 2 aromatic carbocycles. The number of aryl methyl sites for hydroxylation is 1. The molecule has 0 aromatic heterocycles. The van der Waals surface area contributed by atoms with Crippen LogP contribution in [0.3, 0.4) is 0 Å². The average molecular weight is 274 g/mol. The molecule has 0 spiro atoms. The fourth-order valence-electron chi connectivity index (χ4n) is 2.60. The molecule has 0 fully saturated rings. The summed E-state index contributed by atoms with van der Waals surface area (Å²) in [6.45, 7) is 2.89. The van der Waals surface area contributed by atoms with Crippen LogP contribution in [0, 0.1) is 18.6 Å². The summed E-state index contributed by atoms with van der Waals surface area (Å²) in [6, 6.07) is 6.55. The zero-order chi connectivity index (χ0) is 14.4. The van der Waals surface area contributed by atoms with Crippen LogP contribution in [0.15, 0.2) is 24.3 Å². The van der Waals surface area contributed by atoms with E-state index in [1.165, 1.54) is 13.0 Å². The van der Waals surface area contributed by atoms with Crippen LogP contribution in [0.4, 0.5) is 8.78 Å². The Morgan fingerprint density at radius 1 is 1.05 bits per heavy atom. The first-order chi connectivity index (χ1) is 9.49. The largest absolute Gasteiger partial charge is 0.424 e. The van der Waals surface area contributed by atoms with Gasteiger partial charge in [0.2, 0.25) is 0 Å². The standard InChI is InChI=1S/C16H12F2O2/c1-8-3-4-10-11-5-6-14(20-9(2)19)16(18)13(11)7-12(10)15(8)17/h3-6H,7H2,1-2H3. The molecule has 102 valence electrons. The van der Waals surface area contributed by atoms with Gasteiger partial charge in [0.1, 0.15) is 5.82 Å². The highest BCUT2D eigenvalue weighted by molar-refractivity contribution is 5.79. The molecule has 0 heterocycles. The molecule has 0 saturated heterocycles. The Labute approximate surface area is 115 Å². The third-order valence-corrected chi connectivity index (χ3v) is 3.54. The number of hydrogen-bond acceptors (Lipinski definition) is 2. The summed E-state index contributed by atoms with van der Waals surface area (Å²) >= 11 is 0. The summed E-state index contributed by atoms with van der Waals surface area (Å²) in [4.78, 5) is 10.9. The molecule has 0 saturated carbocycles. The van der Waals surface area contributed by atoms with Gasteiger partial charge in [-0.2, -0.15) is 0 Å². The van der Waals surface area contributed by atoms with Gasteiger partial charge in [-0.15, -0.1) is 0 Å². The number of hydrogen-bond donors (Lipinski definition) is 0. The fraction of sp³-hybridized carbons (Fsp3) is 0.188. The Balaban J connectivity index is 2.15. The van der Waals surface area contributed by atoms with Crippen LogP contribution in [0.2, 0.25) is 0 Å². The molecule has 0 unspecified atom stereocenters. The Kier molecular flexibility index (Phi) is 2.82. The van der Waals surface area contributed by atoms with Crippen molar-refractivity contribution in [1.82, 2.24) is 0 Å². The number of esters is 1. The topological polar surface area (TPSA) is 26.3 Å². The first-order valence-corrected chi connectivity index (χ1v) is 6.27. The van der Waals surface area contributed by atoms with Crippen molar-refractivity contribution < 1.29 is 18.3 Å². The summed E-state index contributed by atoms with van der Waals surface area (Å²) in [5.41, 5.74) is 2.78. The predicted octanol–water partition coefficient (Wildman–Crippen LogP) is 3.77. The van der Waals surface area contributed by atoms with Crippen LogP contribution in [-0.4, -0.2) is 5.97 Å². The van der Waals surface area contributed by atoms with E-state index in [0.29, 0.717) is 27.8 Å². The van der Waals surface area contributed by atoms with E-state index in [2.05, 4.69) is 0 Å². The van der Waals surface area contributed by atoms with E-state index < -0.39 is 11.8 Å². The monoisotopic (exact) mass is 274 g/mol. The molecule has 0 N–H and O–H groups in total. The van der Waals surface area contributed by atoms with Crippen LogP contribution >= 0.6 is 0 Å². The SMILES string of the molecule is CC(=O)Oc1ccc2c(c1F)Cc1c-2ccc(C)c1F. The maximum atomic E-state index is 14.3. The molecule has 1 aliphatic rings. The highest BCUT2D eigenvalue weighted by Crippen LogP contribution is 2.42. The quantitative estimate of drug-likeness (QED) is 0.499. The van der Waals surface area contributed by atoms with Crippen LogP contribution in [0.5, 0.6) is 5.75 Å². The van der Waals surface area contributed by atoms with Crippen molar-refractivity contribution in [3.63, 3.8) is 0 Å². The van der Waals surface area contributed by atoms with Gasteiger partial charge >= 0.3 is 5.97 Å². The summed E-state index contributed by atoms with van der Waals surface area (Å²) < 4.78 is 33.2. The first kappa shape index (κ1) is 12.8. The van der Waals surface area contributed by atoms with E-state index in [-0.39, 0.29) is 18.0 Å². The third-order valence-electron chi connectivity index (χ3n) is 3.54. The predicted molar refractivity (Wildman–Crippen MR) is 70.6 cm³/mol. The van der Waals surface area contributed by atoms with Crippen LogP contribution < -0.4 is 4.74 Å². The second kappa shape index (κ2) is 4.40. The fourth-order valence-corrected chi connectivity index (χ4v) is 2.60. The van der Waals surface area contributed by atoms with Gasteiger partial charge in [-0.05, 0) is 29.7 Å². The summed E-state index contributed by atoms with van der Waals surface area (Å²) in [6.07, 6.45) is 0.180. The molecule has 0 bridgehead atoms. The molecule has 2 aromatic rings. The Morgan fingerprint density at radius 2 is 1.65 bits per heavy atom. The minimum Gasteiger partial charge on any atom is -0.424 e. The Hall–Kier alpha value is -2.23. The lowest BCUT2D eigenvalue weighted by Crippen LogP contribution is -2.04. The molecule has 0 atom stereocenters. The first-order valence-electron chi connectivity index (χ1n) is 6.27. The highest BCUT2D eigenvalue weighted by Gasteiger charge is 2.27. The van der Waals surface area contributed by atoms with E-state index in [0.717, 1.165) is 0 Å². The van der Waals surface area contributed by atoms with E-state index in [1.54, 1.807) is 25.1 Å². The maximum Gasteiger partial charge on any atom is 0.308 e. The Bertz CT molecular complexity index is 736. The second-order valence-electron chi connectivity index (χ2n) is 4.90. The minimum atomic E-state index is -0.592. The maximum absolute atomic E-state index is 14.3. The molecular weight excluding hydrogens is 262 g/mol. The van der Waals surface area contributed by atoms with Crippen molar-refractivity contribution in [1.29, 1.82) is 0 Å². The zero-order valence-electron chi connectivity index (χ0n) is 11.1. The van der Waals surface area contributed by atoms with Gasteiger partial charge in [-0.25, -0.2) is 8.78 Å². The van der Waals surface area contributed by atoms with Crippen molar-refractivity contribution in [2.75, 3.05) is 0 Å². The molecule has 4 heteroatoms. The summed E-state index contributed by atoms with van der Waals surface area (Å²) in [5.74, 6) is -1.58. The molecular formula is C16H12F2O2.